The first kappa shape index (κ1) is 15.9. The van der Waals surface area contributed by atoms with Crippen molar-refractivity contribution in [3.63, 3.8) is 0 Å². The standard InChI is InChI=1S/C15H32N2O/c1-13-10-17(8-7-9-18-13)12-15(5,6)11-16-14(2,3)4/h13,16H,7-12H2,1-6H3. The zero-order valence-corrected chi connectivity index (χ0v) is 13.2. The van der Waals surface area contributed by atoms with Gasteiger partial charge in [-0.2, -0.15) is 0 Å². The van der Waals surface area contributed by atoms with Gasteiger partial charge < -0.3 is 15.0 Å². The number of nitrogens with zero attached hydrogens (tertiary/aromatic N) is 1. The van der Waals surface area contributed by atoms with E-state index in [1.54, 1.807) is 0 Å². The molecule has 0 saturated carbocycles. The zero-order valence-electron chi connectivity index (χ0n) is 13.2. The van der Waals surface area contributed by atoms with Crippen molar-refractivity contribution in [3.8, 4) is 0 Å². The Morgan fingerprint density at radius 2 is 1.89 bits per heavy atom. The lowest BCUT2D eigenvalue weighted by atomic mass is 9.91. The fourth-order valence-electron chi connectivity index (χ4n) is 2.39. The number of hydrogen-bond acceptors (Lipinski definition) is 3. The lowest BCUT2D eigenvalue weighted by molar-refractivity contribution is 0.0612. The predicted molar refractivity (Wildman–Crippen MR) is 78.0 cm³/mol. The van der Waals surface area contributed by atoms with Gasteiger partial charge in [0, 0.05) is 38.3 Å². The Bertz CT molecular complexity index is 245. The number of nitrogens with one attached hydrogen (secondary N) is 1. The van der Waals surface area contributed by atoms with Crippen molar-refractivity contribution in [1.82, 2.24) is 10.2 Å². The van der Waals surface area contributed by atoms with Gasteiger partial charge in [-0.25, -0.2) is 0 Å². The van der Waals surface area contributed by atoms with Crippen molar-refractivity contribution < 1.29 is 4.74 Å². The first-order valence-corrected chi connectivity index (χ1v) is 7.27. The Morgan fingerprint density at radius 1 is 1.22 bits per heavy atom. The highest BCUT2D eigenvalue weighted by atomic mass is 16.5. The van der Waals surface area contributed by atoms with E-state index in [1.807, 2.05) is 0 Å². The van der Waals surface area contributed by atoms with Gasteiger partial charge in [-0.15, -0.1) is 0 Å². The molecule has 1 atom stereocenters. The van der Waals surface area contributed by atoms with Gasteiger partial charge in [0.15, 0.2) is 0 Å². The van der Waals surface area contributed by atoms with Crippen LogP contribution in [-0.2, 0) is 4.74 Å². The maximum Gasteiger partial charge on any atom is 0.0673 e. The van der Waals surface area contributed by atoms with E-state index in [4.69, 9.17) is 4.74 Å². The molecule has 0 radical (unpaired) electrons. The van der Waals surface area contributed by atoms with E-state index in [1.165, 1.54) is 6.54 Å². The van der Waals surface area contributed by atoms with E-state index in [0.29, 0.717) is 11.5 Å². The minimum atomic E-state index is 0.201. The Morgan fingerprint density at radius 3 is 2.50 bits per heavy atom. The van der Waals surface area contributed by atoms with E-state index in [0.717, 1.165) is 32.7 Å². The molecule has 1 rings (SSSR count). The summed E-state index contributed by atoms with van der Waals surface area (Å²) in [4.78, 5) is 2.56. The SMILES string of the molecule is CC1CN(CC(C)(C)CNC(C)(C)C)CCCO1. The summed E-state index contributed by atoms with van der Waals surface area (Å²) in [5, 5.41) is 3.62. The van der Waals surface area contributed by atoms with Crippen LogP contribution in [0, 0.1) is 5.41 Å². The van der Waals surface area contributed by atoms with Gasteiger partial charge >= 0.3 is 0 Å². The second kappa shape index (κ2) is 6.36. The minimum absolute atomic E-state index is 0.201. The molecule has 108 valence electrons. The molecule has 1 fully saturated rings. The average Bonchev–Trinajstić information content (AvgIpc) is 2.38. The smallest absolute Gasteiger partial charge is 0.0673 e. The molecule has 1 aliphatic heterocycles. The molecule has 0 bridgehead atoms. The number of hydrogen-bond donors (Lipinski definition) is 1. The summed E-state index contributed by atoms with van der Waals surface area (Å²) >= 11 is 0. The molecular formula is C15H32N2O. The lowest BCUT2D eigenvalue weighted by Gasteiger charge is -2.35. The minimum Gasteiger partial charge on any atom is -0.377 e. The molecular weight excluding hydrogens is 224 g/mol. The fourth-order valence-corrected chi connectivity index (χ4v) is 2.39. The normalized spacial score (nSPS) is 24.0. The monoisotopic (exact) mass is 256 g/mol. The average molecular weight is 256 g/mol. The molecule has 0 spiro atoms. The van der Waals surface area contributed by atoms with E-state index >= 15 is 0 Å². The summed E-state index contributed by atoms with van der Waals surface area (Å²) in [6.45, 7) is 18.9. The highest BCUT2D eigenvalue weighted by Gasteiger charge is 2.25. The van der Waals surface area contributed by atoms with Crippen LogP contribution in [-0.4, -0.2) is 49.3 Å². The van der Waals surface area contributed by atoms with Crippen LogP contribution in [0.5, 0.6) is 0 Å². The van der Waals surface area contributed by atoms with Crippen LogP contribution < -0.4 is 5.32 Å². The molecule has 1 N–H and O–H groups in total. The quantitative estimate of drug-likeness (QED) is 0.836. The van der Waals surface area contributed by atoms with E-state index in [-0.39, 0.29) is 5.54 Å². The van der Waals surface area contributed by atoms with Crippen LogP contribution >= 0.6 is 0 Å². The third kappa shape index (κ3) is 6.72. The van der Waals surface area contributed by atoms with E-state index in [9.17, 15) is 0 Å². The molecule has 3 nitrogen and oxygen atoms in total. The van der Waals surface area contributed by atoms with Gasteiger partial charge in [-0.3, -0.25) is 0 Å². The lowest BCUT2D eigenvalue weighted by Crippen LogP contribution is -2.47. The highest BCUT2D eigenvalue weighted by molar-refractivity contribution is 4.82. The Hall–Kier alpha value is -0.120. The summed E-state index contributed by atoms with van der Waals surface area (Å²) in [5.41, 5.74) is 0.504. The second-order valence-electron chi connectivity index (χ2n) is 7.54. The first-order chi connectivity index (χ1) is 8.18. The Kier molecular flexibility index (Phi) is 5.63. The summed E-state index contributed by atoms with van der Waals surface area (Å²) < 4.78 is 5.70. The molecule has 1 saturated heterocycles. The maximum atomic E-state index is 5.70. The summed E-state index contributed by atoms with van der Waals surface area (Å²) in [5.74, 6) is 0. The van der Waals surface area contributed by atoms with Gasteiger partial charge in [0.1, 0.15) is 0 Å². The molecule has 3 heteroatoms. The van der Waals surface area contributed by atoms with Gasteiger partial charge in [0.25, 0.3) is 0 Å². The van der Waals surface area contributed by atoms with Gasteiger partial charge in [-0.05, 0) is 39.5 Å². The van der Waals surface area contributed by atoms with Crippen molar-refractivity contribution in [2.75, 3.05) is 32.8 Å². The van der Waals surface area contributed by atoms with Crippen LogP contribution in [0.25, 0.3) is 0 Å². The predicted octanol–water partition coefficient (Wildman–Crippen LogP) is 2.51. The van der Waals surface area contributed by atoms with E-state index in [2.05, 4.69) is 51.8 Å². The van der Waals surface area contributed by atoms with Crippen molar-refractivity contribution >= 4 is 0 Å². The molecule has 0 amide bonds. The van der Waals surface area contributed by atoms with E-state index < -0.39 is 0 Å². The largest absolute Gasteiger partial charge is 0.377 e. The summed E-state index contributed by atoms with van der Waals surface area (Å²) in [7, 11) is 0. The van der Waals surface area contributed by atoms with Crippen LogP contribution in [0.3, 0.4) is 0 Å². The third-order valence-corrected chi connectivity index (χ3v) is 3.29. The van der Waals surface area contributed by atoms with Gasteiger partial charge in [0.05, 0.1) is 6.10 Å². The Balaban J connectivity index is 2.42. The fraction of sp³-hybridized carbons (Fsp3) is 1.00. The van der Waals surface area contributed by atoms with Crippen LogP contribution in [0.2, 0.25) is 0 Å². The van der Waals surface area contributed by atoms with Crippen LogP contribution in [0.1, 0.15) is 48.0 Å². The summed E-state index contributed by atoms with van der Waals surface area (Å²) in [6, 6.07) is 0. The van der Waals surface area contributed by atoms with Crippen molar-refractivity contribution in [1.29, 1.82) is 0 Å². The second-order valence-corrected chi connectivity index (χ2v) is 7.54. The van der Waals surface area contributed by atoms with Crippen molar-refractivity contribution in [2.45, 2.75) is 59.6 Å². The molecule has 1 heterocycles. The molecule has 18 heavy (non-hydrogen) atoms. The molecule has 1 aliphatic rings. The topological polar surface area (TPSA) is 24.5 Å². The molecule has 0 aliphatic carbocycles. The third-order valence-electron chi connectivity index (χ3n) is 3.29. The highest BCUT2D eigenvalue weighted by Crippen LogP contribution is 2.19. The number of ether oxygens (including phenoxy) is 1. The van der Waals surface area contributed by atoms with Gasteiger partial charge in [0.2, 0.25) is 0 Å². The molecule has 0 aromatic carbocycles. The van der Waals surface area contributed by atoms with Crippen molar-refractivity contribution in [3.05, 3.63) is 0 Å². The molecule has 1 unspecified atom stereocenters. The van der Waals surface area contributed by atoms with Crippen LogP contribution in [0.15, 0.2) is 0 Å². The van der Waals surface area contributed by atoms with Gasteiger partial charge in [-0.1, -0.05) is 13.8 Å². The molecule has 0 aromatic heterocycles. The van der Waals surface area contributed by atoms with Crippen molar-refractivity contribution in [2.24, 2.45) is 5.41 Å². The first-order valence-electron chi connectivity index (χ1n) is 7.27. The number of rotatable bonds is 4. The summed E-state index contributed by atoms with van der Waals surface area (Å²) in [6.07, 6.45) is 1.53. The zero-order chi connectivity index (χ0) is 13.8. The molecule has 0 aromatic rings. The maximum absolute atomic E-state index is 5.70. The Labute approximate surface area is 113 Å². The van der Waals surface area contributed by atoms with Crippen LogP contribution in [0.4, 0.5) is 0 Å².